The van der Waals surface area contributed by atoms with E-state index >= 15 is 0 Å². The van der Waals surface area contributed by atoms with Gasteiger partial charge in [-0.1, -0.05) is 24.6 Å². The Bertz CT molecular complexity index is 398. The zero-order valence-electron chi connectivity index (χ0n) is 12.5. The third kappa shape index (κ3) is 4.22. The van der Waals surface area contributed by atoms with Gasteiger partial charge in [-0.3, -0.25) is 4.90 Å². The molecule has 2 rings (SSSR count). The van der Waals surface area contributed by atoms with Crippen LogP contribution < -0.4 is 4.74 Å². The van der Waals surface area contributed by atoms with Crippen LogP contribution in [0, 0.1) is 13.8 Å². The van der Waals surface area contributed by atoms with Gasteiger partial charge in [0.05, 0.1) is 0 Å². The van der Waals surface area contributed by atoms with Gasteiger partial charge < -0.3 is 9.64 Å². The molecular formula is C16H26N2O. The second-order valence-corrected chi connectivity index (χ2v) is 5.39. The van der Waals surface area contributed by atoms with E-state index < -0.39 is 0 Å². The van der Waals surface area contributed by atoms with E-state index in [-0.39, 0.29) is 0 Å². The van der Waals surface area contributed by atoms with Crippen molar-refractivity contribution in [1.29, 1.82) is 0 Å². The average molecular weight is 262 g/mol. The number of benzene rings is 1. The molecule has 0 amide bonds. The molecule has 1 aliphatic rings. The van der Waals surface area contributed by atoms with Crippen LogP contribution in [0.15, 0.2) is 18.2 Å². The van der Waals surface area contributed by atoms with Gasteiger partial charge in [-0.2, -0.15) is 0 Å². The molecular weight excluding hydrogens is 236 g/mol. The Labute approximate surface area is 117 Å². The molecule has 0 atom stereocenters. The molecule has 1 aromatic carbocycles. The largest absolute Gasteiger partial charge is 0.492 e. The summed E-state index contributed by atoms with van der Waals surface area (Å²) in [6.07, 6.45) is 0. The fourth-order valence-corrected chi connectivity index (χ4v) is 2.58. The van der Waals surface area contributed by atoms with Gasteiger partial charge in [0.15, 0.2) is 0 Å². The summed E-state index contributed by atoms with van der Waals surface area (Å²) in [6, 6.07) is 6.37. The predicted octanol–water partition coefficient (Wildman–Crippen LogP) is 2.32. The van der Waals surface area contributed by atoms with E-state index in [4.69, 9.17) is 4.74 Å². The molecule has 106 valence electrons. The minimum Gasteiger partial charge on any atom is -0.492 e. The van der Waals surface area contributed by atoms with E-state index in [0.29, 0.717) is 0 Å². The lowest BCUT2D eigenvalue weighted by Gasteiger charge is -2.33. The summed E-state index contributed by atoms with van der Waals surface area (Å²) in [7, 11) is 0. The number of hydrogen-bond acceptors (Lipinski definition) is 3. The first-order valence-electron chi connectivity index (χ1n) is 7.34. The Kier molecular flexibility index (Phi) is 5.23. The lowest BCUT2D eigenvalue weighted by molar-refractivity contribution is 0.120. The van der Waals surface area contributed by atoms with Crippen LogP contribution in [-0.4, -0.2) is 55.7 Å². The molecule has 0 bridgehead atoms. The first kappa shape index (κ1) is 14.4. The highest BCUT2D eigenvalue weighted by atomic mass is 16.5. The van der Waals surface area contributed by atoms with Crippen LogP contribution in [-0.2, 0) is 0 Å². The number of nitrogens with zero attached hydrogens (tertiary/aromatic N) is 2. The second kappa shape index (κ2) is 6.92. The minimum atomic E-state index is 0.788. The molecule has 1 saturated heterocycles. The number of piperazine rings is 1. The van der Waals surface area contributed by atoms with Crippen molar-refractivity contribution in [2.75, 3.05) is 45.9 Å². The van der Waals surface area contributed by atoms with Gasteiger partial charge in [0, 0.05) is 32.7 Å². The first-order valence-corrected chi connectivity index (χ1v) is 7.34. The van der Waals surface area contributed by atoms with Crippen molar-refractivity contribution in [2.24, 2.45) is 0 Å². The molecule has 0 aliphatic carbocycles. The van der Waals surface area contributed by atoms with E-state index in [9.17, 15) is 0 Å². The van der Waals surface area contributed by atoms with Crippen LogP contribution in [0.2, 0.25) is 0 Å². The van der Waals surface area contributed by atoms with Gasteiger partial charge in [-0.15, -0.1) is 0 Å². The number of rotatable bonds is 5. The zero-order chi connectivity index (χ0) is 13.7. The van der Waals surface area contributed by atoms with E-state index in [2.05, 4.69) is 48.8 Å². The summed E-state index contributed by atoms with van der Waals surface area (Å²) in [5.74, 6) is 1.03. The highest BCUT2D eigenvalue weighted by Crippen LogP contribution is 2.18. The van der Waals surface area contributed by atoms with Gasteiger partial charge in [0.2, 0.25) is 0 Å². The molecule has 3 heteroatoms. The molecule has 0 saturated carbocycles. The number of aryl methyl sites for hydroxylation is 2. The molecule has 1 aromatic rings. The highest BCUT2D eigenvalue weighted by molar-refractivity contribution is 5.35. The van der Waals surface area contributed by atoms with Crippen LogP contribution in [0.3, 0.4) is 0 Å². The molecule has 1 heterocycles. The predicted molar refractivity (Wildman–Crippen MR) is 80.0 cm³/mol. The van der Waals surface area contributed by atoms with E-state index in [0.717, 1.165) is 18.9 Å². The van der Waals surface area contributed by atoms with Crippen molar-refractivity contribution >= 4 is 0 Å². The molecule has 0 aromatic heterocycles. The Morgan fingerprint density at radius 2 is 1.74 bits per heavy atom. The van der Waals surface area contributed by atoms with Crippen molar-refractivity contribution in [3.8, 4) is 5.75 Å². The lowest BCUT2D eigenvalue weighted by Crippen LogP contribution is -2.47. The van der Waals surface area contributed by atoms with Crippen LogP contribution in [0.1, 0.15) is 18.1 Å². The van der Waals surface area contributed by atoms with Crippen LogP contribution in [0.5, 0.6) is 5.75 Å². The Hall–Kier alpha value is -1.06. The molecule has 1 fully saturated rings. The van der Waals surface area contributed by atoms with Crippen LogP contribution in [0.4, 0.5) is 0 Å². The third-order valence-corrected chi connectivity index (χ3v) is 3.91. The van der Waals surface area contributed by atoms with Crippen molar-refractivity contribution < 1.29 is 4.74 Å². The van der Waals surface area contributed by atoms with E-state index in [1.807, 2.05) is 0 Å². The summed E-state index contributed by atoms with van der Waals surface area (Å²) in [5, 5.41) is 0. The lowest BCUT2D eigenvalue weighted by atomic mass is 10.1. The van der Waals surface area contributed by atoms with Gasteiger partial charge in [0.1, 0.15) is 12.4 Å². The minimum absolute atomic E-state index is 0.788. The molecule has 0 unspecified atom stereocenters. The number of likely N-dealkylation sites (N-methyl/N-ethyl adjacent to an activating group) is 1. The fourth-order valence-electron chi connectivity index (χ4n) is 2.58. The zero-order valence-corrected chi connectivity index (χ0v) is 12.5. The topological polar surface area (TPSA) is 15.7 Å². The molecule has 3 nitrogen and oxygen atoms in total. The normalized spacial score (nSPS) is 17.6. The molecule has 1 aliphatic heterocycles. The first-order chi connectivity index (χ1) is 9.19. The van der Waals surface area contributed by atoms with Gasteiger partial charge in [-0.25, -0.2) is 0 Å². The standard InChI is InChI=1S/C16H26N2O/c1-4-17-7-9-18(10-8-17)11-12-19-16-6-5-14(2)13-15(16)3/h5-6,13H,4,7-12H2,1-3H3. The van der Waals surface area contributed by atoms with Crippen molar-refractivity contribution in [3.05, 3.63) is 29.3 Å². The van der Waals surface area contributed by atoms with Crippen LogP contribution in [0.25, 0.3) is 0 Å². The number of ether oxygens (including phenoxy) is 1. The average Bonchev–Trinajstić information content (AvgIpc) is 2.42. The third-order valence-electron chi connectivity index (χ3n) is 3.91. The Morgan fingerprint density at radius 1 is 1.05 bits per heavy atom. The SMILES string of the molecule is CCN1CCN(CCOc2ccc(C)cc2C)CC1. The fraction of sp³-hybridized carbons (Fsp3) is 0.625. The summed E-state index contributed by atoms with van der Waals surface area (Å²) in [6.45, 7) is 14.2. The van der Waals surface area contributed by atoms with Gasteiger partial charge in [0.25, 0.3) is 0 Å². The maximum absolute atomic E-state index is 5.89. The highest BCUT2D eigenvalue weighted by Gasteiger charge is 2.14. The molecule has 0 radical (unpaired) electrons. The Balaban J connectivity index is 1.72. The van der Waals surface area contributed by atoms with Crippen molar-refractivity contribution in [3.63, 3.8) is 0 Å². The quantitative estimate of drug-likeness (QED) is 0.810. The second-order valence-electron chi connectivity index (χ2n) is 5.39. The molecule has 19 heavy (non-hydrogen) atoms. The molecule has 0 N–H and O–H groups in total. The summed E-state index contributed by atoms with van der Waals surface area (Å²) < 4.78 is 5.89. The summed E-state index contributed by atoms with van der Waals surface area (Å²) in [4.78, 5) is 5.00. The van der Waals surface area contributed by atoms with Gasteiger partial charge >= 0.3 is 0 Å². The smallest absolute Gasteiger partial charge is 0.122 e. The van der Waals surface area contributed by atoms with Crippen molar-refractivity contribution in [1.82, 2.24) is 9.80 Å². The van der Waals surface area contributed by atoms with Gasteiger partial charge in [-0.05, 0) is 32.0 Å². The summed E-state index contributed by atoms with van der Waals surface area (Å²) >= 11 is 0. The monoisotopic (exact) mass is 262 g/mol. The van der Waals surface area contributed by atoms with Crippen LogP contribution >= 0.6 is 0 Å². The summed E-state index contributed by atoms with van der Waals surface area (Å²) in [5.41, 5.74) is 2.52. The maximum atomic E-state index is 5.89. The van der Waals surface area contributed by atoms with E-state index in [1.165, 1.54) is 43.9 Å². The molecule has 0 spiro atoms. The Morgan fingerprint density at radius 3 is 2.37 bits per heavy atom. The number of hydrogen-bond donors (Lipinski definition) is 0. The van der Waals surface area contributed by atoms with Crippen molar-refractivity contribution in [2.45, 2.75) is 20.8 Å². The van der Waals surface area contributed by atoms with E-state index in [1.54, 1.807) is 0 Å². The maximum Gasteiger partial charge on any atom is 0.122 e.